The van der Waals surface area contributed by atoms with Gasteiger partial charge < -0.3 is 14.2 Å². The Bertz CT molecular complexity index is 352. The summed E-state index contributed by atoms with van der Waals surface area (Å²) in [5.41, 5.74) is 0. The Morgan fingerprint density at radius 1 is 1.26 bits per heavy atom. The number of hydrogen-bond donors (Lipinski definition) is 0. The Hall–Kier alpha value is -0.650. The molecule has 1 aliphatic rings. The van der Waals surface area contributed by atoms with Gasteiger partial charge in [0.2, 0.25) is 5.88 Å². The Kier molecular flexibility index (Phi) is 6.61. The zero-order valence-corrected chi connectivity index (χ0v) is 12.6. The highest BCUT2D eigenvalue weighted by molar-refractivity contribution is 9.10. The van der Waals surface area contributed by atoms with Crippen molar-refractivity contribution < 1.29 is 14.2 Å². The summed E-state index contributed by atoms with van der Waals surface area (Å²) in [7, 11) is 0. The molecule has 0 radical (unpaired) electrons. The van der Waals surface area contributed by atoms with Gasteiger partial charge in [-0.05, 0) is 54.1 Å². The van der Waals surface area contributed by atoms with Gasteiger partial charge in [0.25, 0.3) is 0 Å². The quantitative estimate of drug-likeness (QED) is 0.717. The van der Waals surface area contributed by atoms with Crippen LogP contribution in [0.3, 0.4) is 0 Å². The molecule has 0 N–H and O–H groups in total. The number of aromatic nitrogens is 1. The van der Waals surface area contributed by atoms with Crippen molar-refractivity contribution in [3.63, 3.8) is 0 Å². The minimum absolute atomic E-state index is 0.0165. The molecule has 106 valence electrons. The summed E-state index contributed by atoms with van der Waals surface area (Å²) < 4.78 is 17.6. The fourth-order valence-corrected chi connectivity index (χ4v) is 2.12. The molecule has 2 rings (SSSR count). The Morgan fingerprint density at radius 3 is 2.89 bits per heavy atom. The van der Waals surface area contributed by atoms with Gasteiger partial charge in [-0.25, -0.2) is 4.98 Å². The van der Waals surface area contributed by atoms with E-state index in [0.29, 0.717) is 12.5 Å². The van der Waals surface area contributed by atoms with Crippen LogP contribution in [0, 0.1) is 0 Å². The zero-order valence-electron chi connectivity index (χ0n) is 11.0. The van der Waals surface area contributed by atoms with Crippen molar-refractivity contribution in [1.82, 2.24) is 4.98 Å². The highest BCUT2D eigenvalue weighted by atomic mass is 79.9. The van der Waals surface area contributed by atoms with Crippen LogP contribution in [0.15, 0.2) is 22.8 Å². The summed E-state index contributed by atoms with van der Waals surface area (Å²) in [6, 6.07) is 3.78. The minimum atomic E-state index is 0.0165. The molecule has 1 unspecified atom stereocenters. The second kappa shape index (κ2) is 8.51. The van der Waals surface area contributed by atoms with E-state index >= 15 is 0 Å². The van der Waals surface area contributed by atoms with Gasteiger partial charge in [-0.2, -0.15) is 0 Å². The summed E-state index contributed by atoms with van der Waals surface area (Å²) in [5, 5.41) is 0. The Morgan fingerprint density at radius 2 is 2.16 bits per heavy atom. The van der Waals surface area contributed by atoms with E-state index in [1.54, 1.807) is 6.20 Å². The van der Waals surface area contributed by atoms with E-state index in [1.807, 2.05) is 12.1 Å². The van der Waals surface area contributed by atoms with Crippen molar-refractivity contribution in [2.75, 3.05) is 19.8 Å². The van der Waals surface area contributed by atoms with Crippen LogP contribution < -0.4 is 4.74 Å². The largest absolute Gasteiger partial charge is 0.478 e. The van der Waals surface area contributed by atoms with Crippen molar-refractivity contribution in [2.24, 2.45) is 0 Å². The van der Waals surface area contributed by atoms with E-state index in [2.05, 4.69) is 20.9 Å². The average Bonchev–Trinajstić information content (AvgIpc) is 2.46. The normalized spacial score (nSPS) is 19.3. The summed E-state index contributed by atoms with van der Waals surface area (Å²) in [6.45, 7) is 2.24. The van der Waals surface area contributed by atoms with Crippen molar-refractivity contribution in [1.29, 1.82) is 0 Å². The van der Waals surface area contributed by atoms with Crippen LogP contribution in [-0.4, -0.2) is 31.1 Å². The Balaban J connectivity index is 1.49. The van der Waals surface area contributed by atoms with E-state index in [9.17, 15) is 0 Å². The first-order valence-corrected chi connectivity index (χ1v) is 7.61. The fourth-order valence-electron chi connectivity index (χ4n) is 1.89. The summed E-state index contributed by atoms with van der Waals surface area (Å²) in [4.78, 5) is 4.15. The van der Waals surface area contributed by atoms with Crippen LogP contribution in [0.4, 0.5) is 0 Å². The summed E-state index contributed by atoms with van der Waals surface area (Å²) >= 11 is 3.34. The Labute approximate surface area is 122 Å². The van der Waals surface area contributed by atoms with Crippen molar-refractivity contribution in [3.05, 3.63) is 22.8 Å². The zero-order chi connectivity index (χ0) is 13.3. The average molecular weight is 330 g/mol. The molecule has 5 heteroatoms. The molecule has 1 saturated heterocycles. The third-order valence-corrected chi connectivity index (χ3v) is 3.40. The number of ether oxygens (including phenoxy) is 3. The molecule has 0 spiro atoms. The number of rotatable bonds is 7. The fraction of sp³-hybridized carbons (Fsp3) is 0.643. The molecule has 1 aliphatic heterocycles. The van der Waals surface area contributed by atoms with Gasteiger partial charge in [0.05, 0.1) is 6.61 Å². The smallest absolute Gasteiger partial charge is 0.213 e. The summed E-state index contributed by atoms with van der Waals surface area (Å²) in [5.74, 6) is 0.666. The number of unbranched alkanes of at least 4 members (excludes halogenated alkanes) is 1. The molecule has 19 heavy (non-hydrogen) atoms. The molecule has 1 atom stereocenters. The maximum absolute atomic E-state index is 5.65. The number of nitrogens with zero attached hydrogens (tertiary/aromatic N) is 1. The standard InChI is InChI=1S/C14H20BrNO3/c15-12-6-7-13(16-11-12)17-8-3-4-10-19-14-5-1-2-9-18-14/h6-7,11,14H,1-5,8-10H2. The minimum Gasteiger partial charge on any atom is -0.478 e. The molecule has 1 aromatic heterocycles. The van der Waals surface area contributed by atoms with Crippen molar-refractivity contribution >= 4 is 15.9 Å². The van der Waals surface area contributed by atoms with E-state index in [0.717, 1.165) is 43.4 Å². The van der Waals surface area contributed by atoms with Gasteiger partial charge in [-0.1, -0.05) is 0 Å². The highest BCUT2D eigenvalue weighted by Gasteiger charge is 2.13. The maximum atomic E-state index is 5.65. The molecule has 2 heterocycles. The molecule has 0 bridgehead atoms. The first-order valence-electron chi connectivity index (χ1n) is 6.82. The molecule has 0 aromatic carbocycles. The van der Waals surface area contributed by atoms with Crippen molar-refractivity contribution in [3.8, 4) is 5.88 Å². The monoisotopic (exact) mass is 329 g/mol. The number of pyridine rings is 1. The molecule has 0 aliphatic carbocycles. The van der Waals surface area contributed by atoms with Gasteiger partial charge in [0, 0.05) is 29.9 Å². The molecule has 0 amide bonds. The van der Waals surface area contributed by atoms with Crippen LogP contribution in [0.25, 0.3) is 0 Å². The lowest BCUT2D eigenvalue weighted by Gasteiger charge is -2.22. The van der Waals surface area contributed by atoms with Crippen LogP contribution in [0.1, 0.15) is 32.1 Å². The number of hydrogen-bond acceptors (Lipinski definition) is 4. The van der Waals surface area contributed by atoms with Crippen LogP contribution in [-0.2, 0) is 9.47 Å². The highest BCUT2D eigenvalue weighted by Crippen LogP contribution is 2.14. The van der Waals surface area contributed by atoms with Crippen LogP contribution >= 0.6 is 15.9 Å². The van der Waals surface area contributed by atoms with Crippen LogP contribution in [0.5, 0.6) is 5.88 Å². The maximum Gasteiger partial charge on any atom is 0.213 e. The molecule has 0 saturated carbocycles. The second-order valence-electron chi connectivity index (χ2n) is 4.54. The van der Waals surface area contributed by atoms with Gasteiger partial charge in [0.1, 0.15) is 0 Å². The molecule has 1 fully saturated rings. The lowest BCUT2D eigenvalue weighted by atomic mass is 10.2. The van der Waals surface area contributed by atoms with Gasteiger partial charge in [-0.15, -0.1) is 0 Å². The lowest BCUT2D eigenvalue weighted by Crippen LogP contribution is -2.22. The van der Waals surface area contributed by atoms with Gasteiger partial charge in [-0.3, -0.25) is 0 Å². The van der Waals surface area contributed by atoms with Crippen LogP contribution in [0.2, 0.25) is 0 Å². The predicted molar refractivity (Wildman–Crippen MR) is 76.2 cm³/mol. The third kappa shape index (κ3) is 5.89. The van der Waals surface area contributed by atoms with E-state index in [4.69, 9.17) is 14.2 Å². The van der Waals surface area contributed by atoms with Gasteiger partial charge >= 0.3 is 0 Å². The first-order chi connectivity index (χ1) is 9.34. The molecule has 4 nitrogen and oxygen atoms in total. The molecule has 1 aromatic rings. The second-order valence-corrected chi connectivity index (χ2v) is 5.45. The van der Waals surface area contributed by atoms with E-state index in [1.165, 1.54) is 6.42 Å². The summed E-state index contributed by atoms with van der Waals surface area (Å²) in [6.07, 6.45) is 7.10. The van der Waals surface area contributed by atoms with E-state index in [-0.39, 0.29) is 6.29 Å². The molecular formula is C14H20BrNO3. The SMILES string of the molecule is Brc1ccc(OCCCCOC2CCCCO2)nc1. The lowest BCUT2D eigenvalue weighted by molar-refractivity contribution is -0.162. The third-order valence-electron chi connectivity index (χ3n) is 2.93. The molecular weight excluding hydrogens is 310 g/mol. The van der Waals surface area contributed by atoms with E-state index < -0.39 is 0 Å². The predicted octanol–water partition coefficient (Wildman–Crippen LogP) is 3.55. The first kappa shape index (κ1) is 14.8. The van der Waals surface area contributed by atoms with Crippen molar-refractivity contribution in [2.45, 2.75) is 38.4 Å². The topological polar surface area (TPSA) is 40.6 Å². The van der Waals surface area contributed by atoms with Gasteiger partial charge in [0.15, 0.2) is 6.29 Å². The number of halogens is 1.